The molecule has 0 bridgehead atoms. The minimum atomic E-state index is -0.0770. The lowest BCUT2D eigenvalue weighted by atomic mass is 10.1. The number of rotatable bonds is 5. The monoisotopic (exact) mass is 293 g/mol. The Morgan fingerprint density at radius 1 is 0.864 bits per heavy atom. The fourth-order valence-corrected chi connectivity index (χ4v) is 2.02. The molecule has 0 N–H and O–H groups in total. The van der Waals surface area contributed by atoms with Crippen molar-refractivity contribution in [3.63, 3.8) is 0 Å². The van der Waals surface area contributed by atoms with Gasteiger partial charge in [-0.15, -0.1) is 0 Å². The van der Waals surface area contributed by atoms with E-state index in [0.717, 1.165) is 11.3 Å². The Kier molecular flexibility index (Phi) is 4.89. The SMILES string of the molecule is CC(=O)c1ccc(C(=O)/C=C/c2ccc(N(C)C)cc2)cc1. The van der Waals surface area contributed by atoms with Crippen molar-refractivity contribution < 1.29 is 9.59 Å². The van der Waals surface area contributed by atoms with Crippen molar-refractivity contribution in [2.75, 3.05) is 19.0 Å². The van der Waals surface area contributed by atoms with Gasteiger partial charge in [-0.3, -0.25) is 9.59 Å². The lowest BCUT2D eigenvalue weighted by molar-refractivity contribution is 0.101. The van der Waals surface area contributed by atoms with Crippen LogP contribution >= 0.6 is 0 Å². The van der Waals surface area contributed by atoms with E-state index < -0.39 is 0 Å². The Balaban J connectivity index is 2.08. The first-order valence-corrected chi connectivity index (χ1v) is 7.08. The molecule has 112 valence electrons. The molecule has 2 rings (SSSR count). The number of carbonyl (C=O) groups excluding carboxylic acids is 2. The summed E-state index contributed by atoms with van der Waals surface area (Å²) in [5.74, 6) is -0.0812. The minimum absolute atomic E-state index is 0.00415. The number of carbonyl (C=O) groups is 2. The van der Waals surface area contributed by atoms with Gasteiger partial charge >= 0.3 is 0 Å². The van der Waals surface area contributed by atoms with Gasteiger partial charge in [-0.1, -0.05) is 42.5 Å². The lowest BCUT2D eigenvalue weighted by Crippen LogP contribution is -2.07. The average molecular weight is 293 g/mol. The number of nitrogens with zero attached hydrogens (tertiary/aromatic N) is 1. The van der Waals surface area contributed by atoms with Crippen LogP contribution in [0.5, 0.6) is 0 Å². The van der Waals surface area contributed by atoms with Crippen LogP contribution in [-0.4, -0.2) is 25.7 Å². The van der Waals surface area contributed by atoms with E-state index in [-0.39, 0.29) is 11.6 Å². The minimum Gasteiger partial charge on any atom is -0.378 e. The second-order valence-corrected chi connectivity index (χ2v) is 5.32. The van der Waals surface area contributed by atoms with Crippen LogP contribution in [0.3, 0.4) is 0 Å². The summed E-state index contributed by atoms with van der Waals surface area (Å²) in [7, 11) is 3.97. The van der Waals surface area contributed by atoms with E-state index in [1.807, 2.05) is 43.3 Å². The standard InChI is InChI=1S/C19H19NO2/c1-14(21)16-7-9-17(10-8-16)19(22)13-6-15-4-11-18(12-5-15)20(2)3/h4-13H,1-3H3/b13-6+. The zero-order valence-electron chi connectivity index (χ0n) is 13.0. The van der Waals surface area contributed by atoms with Gasteiger partial charge in [0.05, 0.1) is 0 Å². The summed E-state index contributed by atoms with van der Waals surface area (Å²) in [5.41, 5.74) is 3.27. The predicted molar refractivity (Wildman–Crippen MR) is 90.6 cm³/mol. The van der Waals surface area contributed by atoms with Crippen LogP contribution < -0.4 is 4.90 Å². The second-order valence-electron chi connectivity index (χ2n) is 5.32. The first-order chi connectivity index (χ1) is 10.5. The van der Waals surface area contributed by atoms with Gasteiger partial charge in [0, 0.05) is 30.9 Å². The summed E-state index contributed by atoms with van der Waals surface area (Å²) >= 11 is 0. The van der Waals surface area contributed by atoms with Crippen molar-refractivity contribution in [1.82, 2.24) is 0 Å². The number of anilines is 1. The van der Waals surface area contributed by atoms with Crippen molar-refractivity contribution >= 4 is 23.3 Å². The molecule has 0 aliphatic heterocycles. The summed E-state index contributed by atoms with van der Waals surface area (Å²) in [5, 5.41) is 0. The van der Waals surface area contributed by atoms with Gasteiger partial charge in [-0.25, -0.2) is 0 Å². The number of hydrogen-bond donors (Lipinski definition) is 0. The Labute approximate surface area is 130 Å². The molecule has 0 aliphatic carbocycles. The largest absolute Gasteiger partial charge is 0.378 e. The zero-order valence-corrected chi connectivity index (χ0v) is 13.0. The molecule has 0 radical (unpaired) electrons. The predicted octanol–water partition coefficient (Wildman–Crippen LogP) is 3.85. The van der Waals surface area contributed by atoms with Crippen molar-refractivity contribution in [3.05, 3.63) is 71.3 Å². The molecule has 0 aromatic heterocycles. The van der Waals surface area contributed by atoms with Gasteiger partial charge in [-0.2, -0.15) is 0 Å². The molecule has 3 nitrogen and oxygen atoms in total. The van der Waals surface area contributed by atoms with Crippen LogP contribution in [0.15, 0.2) is 54.6 Å². The molecule has 0 heterocycles. The van der Waals surface area contributed by atoms with E-state index in [1.165, 1.54) is 6.92 Å². The third kappa shape index (κ3) is 3.92. The van der Waals surface area contributed by atoms with E-state index in [9.17, 15) is 9.59 Å². The van der Waals surface area contributed by atoms with E-state index in [2.05, 4.69) is 0 Å². The van der Waals surface area contributed by atoms with Gasteiger partial charge in [-0.05, 0) is 30.7 Å². The maximum absolute atomic E-state index is 12.1. The molecule has 0 fully saturated rings. The van der Waals surface area contributed by atoms with Gasteiger partial charge in [0.2, 0.25) is 0 Å². The van der Waals surface area contributed by atoms with Crippen LogP contribution in [0.1, 0.15) is 33.2 Å². The summed E-state index contributed by atoms with van der Waals surface area (Å²) in [6.07, 6.45) is 3.34. The number of Topliss-reactive ketones (excluding diaryl/α,β-unsaturated/α-hetero) is 1. The Hall–Kier alpha value is -2.68. The summed E-state index contributed by atoms with van der Waals surface area (Å²) in [6.45, 7) is 1.51. The fraction of sp³-hybridized carbons (Fsp3) is 0.158. The number of benzene rings is 2. The lowest BCUT2D eigenvalue weighted by Gasteiger charge is -2.11. The molecule has 0 spiro atoms. The van der Waals surface area contributed by atoms with E-state index in [1.54, 1.807) is 36.4 Å². The topological polar surface area (TPSA) is 37.4 Å². The van der Waals surface area contributed by atoms with Crippen molar-refractivity contribution in [1.29, 1.82) is 0 Å². The molecule has 0 saturated heterocycles. The maximum atomic E-state index is 12.1. The Morgan fingerprint density at radius 2 is 1.41 bits per heavy atom. The summed E-state index contributed by atoms with van der Waals surface area (Å²) in [6, 6.07) is 14.7. The smallest absolute Gasteiger partial charge is 0.185 e. The summed E-state index contributed by atoms with van der Waals surface area (Å²) < 4.78 is 0. The molecule has 0 saturated carbocycles. The fourth-order valence-electron chi connectivity index (χ4n) is 2.02. The molecule has 22 heavy (non-hydrogen) atoms. The van der Waals surface area contributed by atoms with Gasteiger partial charge in [0.1, 0.15) is 0 Å². The van der Waals surface area contributed by atoms with Crippen LogP contribution in [0.4, 0.5) is 5.69 Å². The van der Waals surface area contributed by atoms with Crippen LogP contribution in [0.2, 0.25) is 0 Å². The van der Waals surface area contributed by atoms with Gasteiger partial charge in [0.25, 0.3) is 0 Å². The first kappa shape index (κ1) is 15.7. The van der Waals surface area contributed by atoms with E-state index in [4.69, 9.17) is 0 Å². The van der Waals surface area contributed by atoms with E-state index in [0.29, 0.717) is 11.1 Å². The average Bonchev–Trinajstić information content (AvgIpc) is 2.53. The molecule has 0 atom stereocenters. The van der Waals surface area contributed by atoms with Crippen LogP contribution in [0.25, 0.3) is 6.08 Å². The van der Waals surface area contributed by atoms with E-state index >= 15 is 0 Å². The molecular weight excluding hydrogens is 274 g/mol. The number of hydrogen-bond acceptors (Lipinski definition) is 3. The highest BCUT2D eigenvalue weighted by atomic mass is 16.1. The van der Waals surface area contributed by atoms with Crippen molar-refractivity contribution in [3.8, 4) is 0 Å². The third-order valence-electron chi connectivity index (χ3n) is 3.41. The first-order valence-electron chi connectivity index (χ1n) is 7.08. The third-order valence-corrected chi connectivity index (χ3v) is 3.41. The molecule has 0 unspecified atom stereocenters. The molecule has 2 aromatic carbocycles. The normalized spacial score (nSPS) is 10.7. The number of allylic oxidation sites excluding steroid dienone is 1. The zero-order chi connectivity index (χ0) is 16.1. The summed E-state index contributed by atoms with van der Waals surface area (Å²) in [4.78, 5) is 25.3. The highest BCUT2D eigenvalue weighted by molar-refractivity contribution is 6.07. The van der Waals surface area contributed by atoms with Crippen LogP contribution in [-0.2, 0) is 0 Å². The quantitative estimate of drug-likeness (QED) is 0.620. The van der Waals surface area contributed by atoms with Gasteiger partial charge in [0.15, 0.2) is 11.6 Å². The maximum Gasteiger partial charge on any atom is 0.185 e. The second kappa shape index (κ2) is 6.85. The molecule has 0 aliphatic rings. The van der Waals surface area contributed by atoms with Gasteiger partial charge < -0.3 is 4.90 Å². The molecular formula is C19H19NO2. The Morgan fingerprint density at radius 3 is 1.91 bits per heavy atom. The molecule has 0 amide bonds. The number of ketones is 2. The molecule has 2 aromatic rings. The highest BCUT2D eigenvalue weighted by Gasteiger charge is 2.03. The van der Waals surface area contributed by atoms with Crippen molar-refractivity contribution in [2.45, 2.75) is 6.92 Å². The van der Waals surface area contributed by atoms with Crippen molar-refractivity contribution in [2.24, 2.45) is 0 Å². The molecule has 3 heteroatoms. The highest BCUT2D eigenvalue weighted by Crippen LogP contribution is 2.14. The van der Waals surface area contributed by atoms with Crippen LogP contribution in [0, 0.1) is 0 Å². The Bertz CT molecular complexity index is 695.